The molecule has 0 radical (unpaired) electrons. The van der Waals surface area contributed by atoms with Gasteiger partial charge in [-0.15, -0.1) is 5.10 Å². The number of hydrogen-bond acceptors (Lipinski definition) is 5. The second-order valence-corrected chi connectivity index (χ2v) is 7.54. The number of carbonyl (C=O) groups excluding carboxylic acids is 1. The summed E-state index contributed by atoms with van der Waals surface area (Å²) in [6, 6.07) is 11.3. The lowest BCUT2D eigenvalue weighted by Gasteiger charge is -2.10. The summed E-state index contributed by atoms with van der Waals surface area (Å²) >= 11 is 0. The molecule has 3 rings (SSSR count). The first-order valence-corrected chi connectivity index (χ1v) is 10.5. The number of anilines is 2. The molecule has 1 amide bonds. The maximum absolute atomic E-state index is 13.2. The first kappa shape index (κ1) is 22.9. The molecular formula is C23H26FN5O3. The van der Waals surface area contributed by atoms with Crippen LogP contribution in [0.15, 0.2) is 48.7 Å². The molecule has 0 fully saturated rings. The Labute approximate surface area is 185 Å². The van der Waals surface area contributed by atoms with E-state index in [9.17, 15) is 14.0 Å². The van der Waals surface area contributed by atoms with Crippen molar-refractivity contribution in [1.82, 2.24) is 15.0 Å². The molecule has 0 atom stereocenters. The number of nitrogens with one attached hydrogen (secondary N) is 1. The van der Waals surface area contributed by atoms with E-state index in [-0.39, 0.29) is 17.9 Å². The SMILES string of the molecule is Nc1ccc(-c2ccc(F)cc2)cc1NC(=O)c1cn(CCCCCCCC(=O)O)nn1. The number of unbranched alkanes of at least 4 members (excludes halogenated alkanes) is 4. The van der Waals surface area contributed by atoms with Crippen molar-refractivity contribution >= 4 is 23.3 Å². The van der Waals surface area contributed by atoms with Crippen LogP contribution >= 0.6 is 0 Å². The van der Waals surface area contributed by atoms with Crippen molar-refractivity contribution in [2.24, 2.45) is 0 Å². The summed E-state index contributed by atoms with van der Waals surface area (Å²) in [5.74, 6) is -1.51. The summed E-state index contributed by atoms with van der Waals surface area (Å²) in [5.41, 5.74) is 8.62. The third-order valence-electron chi connectivity index (χ3n) is 5.03. The van der Waals surface area contributed by atoms with Gasteiger partial charge in [-0.05, 0) is 48.2 Å². The Kier molecular flexibility index (Phi) is 7.91. The second-order valence-electron chi connectivity index (χ2n) is 7.54. The van der Waals surface area contributed by atoms with Crippen LogP contribution in [-0.4, -0.2) is 32.0 Å². The van der Waals surface area contributed by atoms with Gasteiger partial charge in [0.25, 0.3) is 5.91 Å². The van der Waals surface area contributed by atoms with Crippen LogP contribution in [0.4, 0.5) is 15.8 Å². The summed E-state index contributed by atoms with van der Waals surface area (Å²) in [5, 5.41) is 19.3. The second kappa shape index (κ2) is 11.0. The number of carboxylic acid groups (broad SMARTS) is 1. The fourth-order valence-electron chi connectivity index (χ4n) is 3.26. The third kappa shape index (κ3) is 6.63. The summed E-state index contributed by atoms with van der Waals surface area (Å²) in [7, 11) is 0. The lowest BCUT2D eigenvalue weighted by atomic mass is 10.0. The normalized spacial score (nSPS) is 10.8. The lowest BCUT2D eigenvalue weighted by Crippen LogP contribution is -2.13. The topological polar surface area (TPSA) is 123 Å². The molecule has 0 bridgehead atoms. The third-order valence-corrected chi connectivity index (χ3v) is 5.03. The van der Waals surface area contributed by atoms with Crippen LogP contribution in [0.1, 0.15) is 49.0 Å². The number of benzene rings is 2. The molecule has 1 aromatic heterocycles. The minimum atomic E-state index is -0.762. The van der Waals surface area contributed by atoms with Gasteiger partial charge < -0.3 is 16.2 Å². The molecule has 0 saturated carbocycles. The number of nitrogens with two attached hydrogens (primary N) is 1. The van der Waals surface area contributed by atoms with Gasteiger partial charge in [0.1, 0.15) is 5.82 Å². The minimum Gasteiger partial charge on any atom is -0.481 e. The number of rotatable bonds is 11. The number of nitrogens with zero attached hydrogens (tertiary/aromatic N) is 3. The summed E-state index contributed by atoms with van der Waals surface area (Å²) < 4.78 is 14.8. The number of halogens is 1. The van der Waals surface area contributed by atoms with E-state index in [1.807, 2.05) is 0 Å². The summed E-state index contributed by atoms with van der Waals surface area (Å²) in [6.07, 6.45) is 6.14. The maximum atomic E-state index is 13.2. The average molecular weight is 439 g/mol. The number of carbonyl (C=O) groups is 2. The molecule has 32 heavy (non-hydrogen) atoms. The number of aryl methyl sites for hydroxylation is 1. The molecule has 0 spiro atoms. The number of aromatic nitrogens is 3. The van der Waals surface area contributed by atoms with Crippen molar-refractivity contribution in [1.29, 1.82) is 0 Å². The lowest BCUT2D eigenvalue weighted by molar-refractivity contribution is -0.137. The van der Waals surface area contributed by atoms with Gasteiger partial charge in [-0.1, -0.05) is 42.7 Å². The molecule has 9 heteroatoms. The van der Waals surface area contributed by atoms with Crippen LogP contribution in [0, 0.1) is 5.82 Å². The molecule has 0 aliphatic rings. The largest absolute Gasteiger partial charge is 0.481 e. The van der Waals surface area contributed by atoms with Crippen molar-refractivity contribution in [2.75, 3.05) is 11.1 Å². The Morgan fingerprint density at radius 1 is 1.00 bits per heavy atom. The van der Waals surface area contributed by atoms with Gasteiger partial charge in [-0.3, -0.25) is 14.3 Å². The van der Waals surface area contributed by atoms with E-state index in [4.69, 9.17) is 10.8 Å². The first-order valence-electron chi connectivity index (χ1n) is 10.5. The molecule has 8 nitrogen and oxygen atoms in total. The minimum absolute atomic E-state index is 0.179. The van der Waals surface area contributed by atoms with Gasteiger partial charge in [0.2, 0.25) is 0 Å². The predicted octanol–water partition coefficient (Wildman–Crippen LogP) is 4.34. The summed E-state index contributed by atoms with van der Waals surface area (Å²) in [4.78, 5) is 23.1. The van der Waals surface area contributed by atoms with Gasteiger partial charge in [0, 0.05) is 13.0 Å². The Hall–Kier alpha value is -3.75. The highest BCUT2D eigenvalue weighted by Crippen LogP contribution is 2.27. The van der Waals surface area contributed by atoms with E-state index in [0.717, 1.165) is 36.8 Å². The molecule has 4 N–H and O–H groups in total. The van der Waals surface area contributed by atoms with Gasteiger partial charge in [0.15, 0.2) is 5.69 Å². The van der Waals surface area contributed by atoms with Crippen LogP contribution in [0.5, 0.6) is 0 Å². The smallest absolute Gasteiger partial charge is 0.303 e. The highest BCUT2D eigenvalue weighted by Gasteiger charge is 2.13. The van der Waals surface area contributed by atoms with Gasteiger partial charge in [0.05, 0.1) is 17.6 Å². The van der Waals surface area contributed by atoms with Gasteiger partial charge in [-0.2, -0.15) is 0 Å². The van der Waals surface area contributed by atoms with Crippen molar-refractivity contribution in [3.05, 3.63) is 60.2 Å². The average Bonchev–Trinajstić information content (AvgIpc) is 3.24. The highest BCUT2D eigenvalue weighted by atomic mass is 19.1. The first-order chi connectivity index (χ1) is 15.4. The molecule has 0 aliphatic carbocycles. The Morgan fingerprint density at radius 3 is 2.44 bits per heavy atom. The van der Waals surface area contributed by atoms with Crippen molar-refractivity contribution < 1.29 is 19.1 Å². The zero-order valence-electron chi connectivity index (χ0n) is 17.6. The maximum Gasteiger partial charge on any atom is 0.303 e. The van der Waals surface area contributed by atoms with Crippen molar-refractivity contribution in [3.63, 3.8) is 0 Å². The van der Waals surface area contributed by atoms with Crippen LogP contribution in [-0.2, 0) is 11.3 Å². The molecule has 2 aromatic carbocycles. The number of nitrogen functional groups attached to an aromatic ring is 1. The number of carboxylic acids is 1. The van der Waals surface area contributed by atoms with E-state index in [1.165, 1.54) is 12.1 Å². The zero-order valence-corrected chi connectivity index (χ0v) is 17.6. The van der Waals surface area contributed by atoms with E-state index in [2.05, 4.69) is 15.6 Å². The van der Waals surface area contributed by atoms with Gasteiger partial charge >= 0.3 is 5.97 Å². The van der Waals surface area contributed by atoms with Crippen LogP contribution < -0.4 is 11.1 Å². The Balaban J connectivity index is 1.53. The van der Waals surface area contributed by atoms with Crippen molar-refractivity contribution in [3.8, 4) is 11.1 Å². The Bertz CT molecular complexity index is 1070. The molecule has 1 heterocycles. The fraction of sp³-hybridized carbons (Fsp3) is 0.304. The Morgan fingerprint density at radius 2 is 1.69 bits per heavy atom. The zero-order chi connectivity index (χ0) is 22.9. The van der Waals surface area contributed by atoms with Crippen LogP contribution in [0.3, 0.4) is 0 Å². The number of amides is 1. The quantitative estimate of drug-likeness (QED) is 0.302. The standard InChI is InChI=1S/C23H26FN5O3/c24-18-10-7-16(8-11-18)17-9-12-19(25)20(14-17)26-23(32)21-15-29(28-27-21)13-5-3-1-2-4-6-22(30)31/h7-12,14-15H,1-6,13,25H2,(H,26,32)(H,30,31). The summed E-state index contributed by atoms with van der Waals surface area (Å²) in [6.45, 7) is 0.626. The van der Waals surface area contributed by atoms with E-state index in [0.29, 0.717) is 24.3 Å². The highest BCUT2D eigenvalue weighted by molar-refractivity contribution is 6.04. The molecule has 168 valence electrons. The predicted molar refractivity (Wildman–Crippen MR) is 120 cm³/mol. The number of aliphatic carboxylic acids is 1. The van der Waals surface area contributed by atoms with Gasteiger partial charge in [-0.25, -0.2) is 4.39 Å². The fourth-order valence-corrected chi connectivity index (χ4v) is 3.26. The van der Waals surface area contributed by atoms with E-state index < -0.39 is 11.9 Å². The molecule has 0 saturated heterocycles. The van der Waals surface area contributed by atoms with E-state index in [1.54, 1.807) is 41.2 Å². The van der Waals surface area contributed by atoms with Crippen LogP contribution in [0.25, 0.3) is 11.1 Å². The molecule has 0 aliphatic heterocycles. The van der Waals surface area contributed by atoms with Crippen LogP contribution in [0.2, 0.25) is 0 Å². The monoisotopic (exact) mass is 439 g/mol. The molecular weight excluding hydrogens is 413 g/mol. The van der Waals surface area contributed by atoms with Crippen molar-refractivity contribution in [2.45, 2.75) is 45.1 Å². The number of hydrogen-bond donors (Lipinski definition) is 3. The van der Waals surface area contributed by atoms with E-state index >= 15 is 0 Å². The molecule has 0 unspecified atom stereocenters. The molecule has 3 aromatic rings.